The largest absolute Gasteiger partial charge is 0.272 e. The van der Waals surface area contributed by atoms with E-state index in [-0.39, 0.29) is 12.3 Å². The molecule has 0 aromatic heterocycles. The summed E-state index contributed by atoms with van der Waals surface area (Å²) >= 11 is 0. The lowest BCUT2D eigenvalue weighted by Crippen LogP contribution is -2.25. The molecule has 1 aromatic carbocycles. The lowest BCUT2D eigenvalue weighted by molar-refractivity contribution is -0.116. The number of hydrogen-bond donors (Lipinski definition) is 0. The predicted octanol–water partition coefficient (Wildman–Crippen LogP) is 1.40. The van der Waals surface area contributed by atoms with Crippen molar-refractivity contribution in [1.29, 1.82) is 0 Å². The Morgan fingerprint density at radius 3 is 2.78 bits per heavy atom. The third-order valence-corrected chi connectivity index (χ3v) is 2.91. The smallest absolute Gasteiger partial charge is 0.253 e. The average molecular weight is 240 g/mol. The highest BCUT2D eigenvalue weighted by Crippen LogP contribution is 2.09. The van der Waals surface area contributed by atoms with Crippen LogP contribution in [0.25, 0.3) is 12.7 Å². The zero-order chi connectivity index (χ0) is 13.1. The Balaban J connectivity index is 2.40. The van der Waals surface area contributed by atoms with Crippen LogP contribution in [0, 0.1) is 0 Å². The Labute approximate surface area is 106 Å². The second-order valence-corrected chi connectivity index (χ2v) is 4.69. The van der Waals surface area contributed by atoms with Gasteiger partial charge in [-0.2, -0.15) is 0 Å². The van der Waals surface area contributed by atoms with Crippen LogP contribution in [0.15, 0.2) is 28.2 Å². The summed E-state index contributed by atoms with van der Waals surface area (Å²) in [5, 5.41) is 1.96. The van der Waals surface area contributed by atoms with Crippen LogP contribution in [0.1, 0.15) is 31.7 Å². The first-order chi connectivity index (χ1) is 8.56. The highest BCUT2D eigenvalue weighted by atomic mass is 16.1. The molecule has 1 amide bonds. The van der Waals surface area contributed by atoms with Gasteiger partial charge in [0.15, 0.2) is 0 Å². The van der Waals surface area contributed by atoms with Crippen molar-refractivity contribution in [3.63, 3.8) is 0 Å². The van der Waals surface area contributed by atoms with Crippen LogP contribution in [0.4, 0.5) is 0 Å². The summed E-state index contributed by atoms with van der Waals surface area (Å²) < 4.78 is 0. The summed E-state index contributed by atoms with van der Waals surface area (Å²) in [6.07, 6.45) is 3.47. The van der Waals surface area contributed by atoms with Gasteiger partial charge in [-0.05, 0) is 28.0 Å². The number of rotatable bonds is 2. The molecule has 3 heteroatoms. The molecule has 1 aliphatic rings. The van der Waals surface area contributed by atoms with Gasteiger partial charge in [-0.25, -0.2) is 9.98 Å². The van der Waals surface area contributed by atoms with Gasteiger partial charge in [0.05, 0.1) is 12.1 Å². The van der Waals surface area contributed by atoms with Crippen molar-refractivity contribution in [3.05, 3.63) is 34.2 Å². The van der Waals surface area contributed by atoms with E-state index in [1.165, 1.54) is 11.9 Å². The molecular formula is C15H16N2O. The van der Waals surface area contributed by atoms with Crippen LogP contribution in [0.3, 0.4) is 0 Å². The van der Waals surface area contributed by atoms with Gasteiger partial charge in [0.1, 0.15) is 6.34 Å². The van der Waals surface area contributed by atoms with E-state index in [1.807, 2.05) is 12.1 Å². The molecular weight excluding hydrogens is 224 g/mol. The summed E-state index contributed by atoms with van der Waals surface area (Å²) in [5.74, 6) is 0.334. The number of benzene rings is 1. The summed E-state index contributed by atoms with van der Waals surface area (Å²) in [5.41, 5.74) is 2.00. The number of carbonyl (C=O) groups is 1. The van der Waals surface area contributed by atoms with Crippen molar-refractivity contribution < 1.29 is 4.79 Å². The summed E-state index contributed by atoms with van der Waals surface area (Å²) in [6, 6.07) is 6.19. The molecule has 0 N–H and O–H groups in total. The molecule has 0 fully saturated rings. The van der Waals surface area contributed by atoms with E-state index < -0.39 is 0 Å². The number of aliphatic imine (C=N–C) groups is 2. The third-order valence-electron chi connectivity index (χ3n) is 2.91. The van der Waals surface area contributed by atoms with E-state index in [2.05, 4.69) is 42.5 Å². The molecule has 0 spiro atoms. The second kappa shape index (κ2) is 5.08. The average Bonchev–Trinajstić information content (AvgIpc) is 2.31. The molecule has 18 heavy (non-hydrogen) atoms. The maximum atomic E-state index is 11.2. The quantitative estimate of drug-likeness (QED) is 0.770. The van der Waals surface area contributed by atoms with Crippen LogP contribution < -0.4 is 10.4 Å². The number of amides is 1. The van der Waals surface area contributed by atoms with Gasteiger partial charge in [-0.3, -0.25) is 4.79 Å². The van der Waals surface area contributed by atoms with Gasteiger partial charge in [0.2, 0.25) is 0 Å². The Kier molecular flexibility index (Phi) is 3.51. The van der Waals surface area contributed by atoms with Crippen molar-refractivity contribution in [1.82, 2.24) is 0 Å². The van der Waals surface area contributed by atoms with E-state index in [0.717, 1.165) is 16.1 Å². The highest BCUT2D eigenvalue weighted by molar-refractivity contribution is 6.22. The Morgan fingerprint density at radius 1 is 1.39 bits per heavy atom. The minimum atomic E-state index is -0.152. The van der Waals surface area contributed by atoms with E-state index in [9.17, 15) is 4.79 Å². The molecule has 0 bridgehead atoms. The molecule has 3 nitrogen and oxygen atoms in total. The van der Waals surface area contributed by atoms with Gasteiger partial charge >= 0.3 is 0 Å². The van der Waals surface area contributed by atoms with E-state index in [1.54, 1.807) is 0 Å². The zero-order valence-electron chi connectivity index (χ0n) is 10.7. The van der Waals surface area contributed by atoms with E-state index >= 15 is 0 Å². The SMILES string of the molecule is C=c1cc(C(C)C)cc/c1=C/C1=NC=NC(=O)C1. The lowest BCUT2D eigenvalue weighted by atomic mass is 10.0. The van der Waals surface area contributed by atoms with Crippen LogP contribution in [-0.4, -0.2) is 18.0 Å². The molecule has 0 atom stereocenters. The fourth-order valence-corrected chi connectivity index (χ4v) is 1.81. The maximum absolute atomic E-state index is 11.2. The minimum Gasteiger partial charge on any atom is -0.272 e. The molecule has 1 aliphatic heterocycles. The van der Waals surface area contributed by atoms with Crippen LogP contribution in [0.2, 0.25) is 0 Å². The Morgan fingerprint density at radius 2 is 2.17 bits per heavy atom. The minimum absolute atomic E-state index is 0.152. The van der Waals surface area contributed by atoms with Crippen LogP contribution >= 0.6 is 0 Å². The van der Waals surface area contributed by atoms with Gasteiger partial charge in [-0.15, -0.1) is 0 Å². The number of nitrogens with zero attached hydrogens (tertiary/aromatic N) is 2. The first-order valence-electron chi connectivity index (χ1n) is 5.99. The Hall–Kier alpha value is -2.03. The molecule has 0 aliphatic carbocycles. The van der Waals surface area contributed by atoms with Crippen LogP contribution in [0.5, 0.6) is 0 Å². The molecule has 0 unspecified atom stereocenters. The van der Waals surface area contributed by atoms with Crippen molar-refractivity contribution in [2.75, 3.05) is 0 Å². The van der Waals surface area contributed by atoms with Crippen molar-refractivity contribution in [2.24, 2.45) is 9.98 Å². The summed E-state index contributed by atoms with van der Waals surface area (Å²) in [4.78, 5) is 18.9. The molecule has 1 aromatic rings. The van der Waals surface area contributed by atoms with Gasteiger partial charge in [0, 0.05) is 0 Å². The zero-order valence-corrected chi connectivity index (χ0v) is 10.7. The molecule has 1 heterocycles. The monoisotopic (exact) mass is 240 g/mol. The highest BCUT2D eigenvalue weighted by Gasteiger charge is 2.07. The molecule has 0 saturated heterocycles. The van der Waals surface area contributed by atoms with Gasteiger partial charge in [-0.1, -0.05) is 38.6 Å². The summed E-state index contributed by atoms with van der Waals surface area (Å²) in [7, 11) is 0. The summed E-state index contributed by atoms with van der Waals surface area (Å²) in [6.45, 7) is 8.35. The van der Waals surface area contributed by atoms with E-state index in [0.29, 0.717) is 5.92 Å². The lowest BCUT2D eigenvalue weighted by Gasteiger charge is -2.05. The number of carbonyl (C=O) groups excluding carboxylic acids is 1. The van der Waals surface area contributed by atoms with Gasteiger partial charge < -0.3 is 0 Å². The first-order valence-corrected chi connectivity index (χ1v) is 5.99. The molecule has 0 radical (unpaired) electrons. The second-order valence-electron chi connectivity index (χ2n) is 4.69. The number of hydrogen-bond acceptors (Lipinski definition) is 2. The molecule has 92 valence electrons. The topological polar surface area (TPSA) is 41.8 Å². The predicted molar refractivity (Wildman–Crippen MR) is 75.3 cm³/mol. The standard InChI is InChI=1S/C15H16N2O/c1-10(2)12-4-5-13(11(3)6-12)7-14-8-15(18)17-9-16-14/h4-7,9-10H,3,8H2,1-2H3/b13-7-. The third kappa shape index (κ3) is 2.80. The molecule has 2 rings (SSSR count). The van der Waals surface area contributed by atoms with Crippen molar-refractivity contribution in [2.45, 2.75) is 26.2 Å². The van der Waals surface area contributed by atoms with Crippen molar-refractivity contribution in [3.8, 4) is 0 Å². The fraction of sp³-hybridized carbons (Fsp3) is 0.267. The van der Waals surface area contributed by atoms with Crippen molar-refractivity contribution >= 4 is 30.6 Å². The first kappa shape index (κ1) is 12.4. The normalized spacial score (nSPS) is 16.3. The Bertz CT molecular complexity index is 639. The van der Waals surface area contributed by atoms with E-state index in [4.69, 9.17) is 0 Å². The fourth-order valence-electron chi connectivity index (χ4n) is 1.81. The molecule has 0 saturated carbocycles. The maximum Gasteiger partial charge on any atom is 0.253 e. The van der Waals surface area contributed by atoms with Crippen LogP contribution in [-0.2, 0) is 4.79 Å². The van der Waals surface area contributed by atoms with Gasteiger partial charge in [0.25, 0.3) is 5.91 Å².